The van der Waals surface area contributed by atoms with Crippen LogP contribution in [-0.2, 0) is 16.1 Å². The number of morpholine rings is 1. The first-order valence-electron chi connectivity index (χ1n) is 7.76. The van der Waals surface area contributed by atoms with Crippen LogP contribution < -0.4 is 16.0 Å². The van der Waals surface area contributed by atoms with E-state index in [2.05, 4.69) is 16.0 Å². The molecule has 1 unspecified atom stereocenters. The van der Waals surface area contributed by atoms with E-state index in [4.69, 9.17) is 9.15 Å². The van der Waals surface area contributed by atoms with Crippen LogP contribution in [0.3, 0.4) is 0 Å². The number of anilines is 1. The van der Waals surface area contributed by atoms with E-state index in [0.29, 0.717) is 25.4 Å². The highest BCUT2D eigenvalue weighted by Gasteiger charge is 2.21. The summed E-state index contributed by atoms with van der Waals surface area (Å²) in [5, 5.41) is 8.70. The highest BCUT2D eigenvalue weighted by Crippen LogP contribution is 2.12. The van der Waals surface area contributed by atoms with Crippen LogP contribution in [0.25, 0.3) is 0 Å². The molecule has 1 atom stereocenters. The van der Waals surface area contributed by atoms with Crippen molar-refractivity contribution in [1.29, 1.82) is 0 Å². The third-order valence-electron chi connectivity index (χ3n) is 3.64. The Morgan fingerprint density at radius 3 is 2.64 bits per heavy atom. The van der Waals surface area contributed by atoms with Gasteiger partial charge >= 0.3 is 0 Å². The number of ether oxygens (including phenoxy) is 1. The molecule has 2 aromatic rings. The van der Waals surface area contributed by atoms with E-state index in [1.807, 2.05) is 12.1 Å². The number of furan rings is 1. The molecule has 0 saturated carbocycles. The van der Waals surface area contributed by atoms with Gasteiger partial charge in [-0.1, -0.05) is 12.1 Å². The van der Waals surface area contributed by atoms with Gasteiger partial charge < -0.3 is 25.1 Å². The molecule has 25 heavy (non-hydrogen) atoms. The van der Waals surface area contributed by atoms with Gasteiger partial charge in [0.1, 0.15) is 6.10 Å². The molecule has 2 amide bonds. The van der Waals surface area contributed by atoms with Gasteiger partial charge in [-0.2, -0.15) is 0 Å². The van der Waals surface area contributed by atoms with Crippen LogP contribution in [0.5, 0.6) is 0 Å². The van der Waals surface area contributed by atoms with Gasteiger partial charge in [-0.3, -0.25) is 9.59 Å². The van der Waals surface area contributed by atoms with Crippen molar-refractivity contribution in [2.75, 3.05) is 25.0 Å². The Labute approximate surface area is 151 Å². The van der Waals surface area contributed by atoms with Crippen LogP contribution in [-0.4, -0.2) is 37.6 Å². The van der Waals surface area contributed by atoms with E-state index in [-0.39, 0.29) is 30.0 Å². The molecule has 1 aliphatic rings. The molecule has 1 saturated heterocycles. The monoisotopic (exact) mass is 365 g/mol. The standard InChI is InChI=1S/C17H19N3O4.ClH/c21-16(15-11-18-7-9-24-15)19-10-12-3-5-13(6-4-12)20-17(22)14-2-1-8-23-14;/h1-6,8,15,18H,7,9-11H2,(H,19,21)(H,20,22);1H. The molecule has 2 heterocycles. The maximum Gasteiger partial charge on any atom is 0.291 e. The zero-order valence-electron chi connectivity index (χ0n) is 13.5. The van der Waals surface area contributed by atoms with Gasteiger partial charge in [0, 0.05) is 25.3 Å². The lowest BCUT2D eigenvalue weighted by Gasteiger charge is -2.22. The quantitative estimate of drug-likeness (QED) is 0.747. The molecule has 1 aromatic carbocycles. The average molecular weight is 366 g/mol. The van der Waals surface area contributed by atoms with Gasteiger partial charge in [-0.25, -0.2) is 0 Å². The Hall–Kier alpha value is -2.35. The van der Waals surface area contributed by atoms with Crippen molar-refractivity contribution in [3.63, 3.8) is 0 Å². The molecule has 0 spiro atoms. The minimum absolute atomic E-state index is 0. The van der Waals surface area contributed by atoms with E-state index in [9.17, 15) is 9.59 Å². The summed E-state index contributed by atoms with van der Waals surface area (Å²) in [6, 6.07) is 10.5. The van der Waals surface area contributed by atoms with Gasteiger partial charge in [0.05, 0.1) is 12.9 Å². The number of rotatable bonds is 5. The predicted molar refractivity (Wildman–Crippen MR) is 94.8 cm³/mol. The van der Waals surface area contributed by atoms with E-state index in [0.717, 1.165) is 12.1 Å². The molecule has 1 aliphatic heterocycles. The van der Waals surface area contributed by atoms with Crippen molar-refractivity contribution < 1.29 is 18.7 Å². The smallest absolute Gasteiger partial charge is 0.291 e. The maximum absolute atomic E-state index is 12.0. The Balaban J connectivity index is 0.00000225. The summed E-state index contributed by atoms with van der Waals surface area (Å²) in [7, 11) is 0. The van der Waals surface area contributed by atoms with Gasteiger partial charge in [0.2, 0.25) is 0 Å². The van der Waals surface area contributed by atoms with Gasteiger partial charge in [-0.05, 0) is 29.8 Å². The second-order valence-corrected chi connectivity index (χ2v) is 5.41. The first-order chi connectivity index (χ1) is 11.7. The van der Waals surface area contributed by atoms with Crippen LogP contribution in [0.15, 0.2) is 47.1 Å². The number of benzene rings is 1. The number of carbonyl (C=O) groups excluding carboxylic acids is 2. The lowest BCUT2D eigenvalue weighted by molar-refractivity contribution is -0.134. The fourth-order valence-electron chi connectivity index (χ4n) is 2.34. The summed E-state index contributed by atoms with van der Waals surface area (Å²) in [5.74, 6) is -0.173. The number of nitrogens with one attached hydrogen (secondary N) is 3. The van der Waals surface area contributed by atoms with Crippen LogP contribution in [0.1, 0.15) is 16.1 Å². The molecule has 1 aromatic heterocycles. The first kappa shape index (κ1) is 19.0. The van der Waals surface area contributed by atoms with E-state index in [1.54, 1.807) is 24.3 Å². The normalized spacial score (nSPS) is 16.6. The fraction of sp³-hybridized carbons (Fsp3) is 0.294. The van der Waals surface area contributed by atoms with Crippen LogP contribution >= 0.6 is 12.4 Å². The van der Waals surface area contributed by atoms with E-state index < -0.39 is 6.10 Å². The van der Waals surface area contributed by atoms with Crippen molar-refractivity contribution in [3.8, 4) is 0 Å². The second kappa shape index (κ2) is 9.22. The third-order valence-corrected chi connectivity index (χ3v) is 3.64. The summed E-state index contributed by atoms with van der Waals surface area (Å²) >= 11 is 0. The van der Waals surface area contributed by atoms with Crippen molar-refractivity contribution in [3.05, 3.63) is 54.0 Å². The lowest BCUT2D eigenvalue weighted by Crippen LogP contribution is -2.47. The summed E-state index contributed by atoms with van der Waals surface area (Å²) in [5.41, 5.74) is 1.59. The average Bonchev–Trinajstić information content (AvgIpc) is 3.16. The Kier molecular flexibility index (Phi) is 7.00. The minimum Gasteiger partial charge on any atom is -0.459 e. The van der Waals surface area contributed by atoms with Crippen molar-refractivity contribution in [1.82, 2.24) is 10.6 Å². The molecular formula is C17H20ClN3O4. The highest BCUT2D eigenvalue weighted by atomic mass is 35.5. The molecule has 134 valence electrons. The summed E-state index contributed by atoms with van der Waals surface area (Å²) in [4.78, 5) is 23.8. The summed E-state index contributed by atoms with van der Waals surface area (Å²) < 4.78 is 10.4. The number of amides is 2. The molecule has 7 nitrogen and oxygen atoms in total. The van der Waals surface area contributed by atoms with Crippen LogP contribution in [0.2, 0.25) is 0 Å². The molecular weight excluding hydrogens is 346 g/mol. The fourth-order valence-corrected chi connectivity index (χ4v) is 2.34. The lowest BCUT2D eigenvalue weighted by atomic mass is 10.2. The number of carbonyl (C=O) groups is 2. The zero-order valence-corrected chi connectivity index (χ0v) is 14.3. The van der Waals surface area contributed by atoms with Crippen LogP contribution in [0.4, 0.5) is 5.69 Å². The van der Waals surface area contributed by atoms with E-state index in [1.165, 1.54) is 6.26 Å². The molecule has 0 bridgehead atoms. The molecule has 3 rings (SSSR count). The first-order valence-corrected chi connectivity index (χ1v) is 7.76. The predicted octanol–water partition coefficient (Wildman–Crippen LogP) is 1.56. The molecule has 0 radical (unpaired) electrons. The topological polar surface area (TPSA) is 92.6 Å². The molecule has 3 N–H and O–H groups in total. The summed E-state index contributed by atoms with van der Waals surface area (Å²) in [6.07, 6.45) is 1.01. The Morgan fingerprint density at radius 2 is 2.00 bits per heavy atom. The SMILES string of the molecule is Cl.O=C(Nc1ccc(CNC(=O)C2CNCCO2)cc1)c1ccco1. The Morgan fingerprint density at radius 1 is 1.20 bits per heavy atom. The number of hydrogen-bond acceptors (Lipinski definition) is 5. The number of halogens is 1. The van der Waals surface area contributed by atoms with Gasteiger partial charge in [0.15, 0.2) is 5.76 Å². The van der Waals surface area contributed by atoms with Crippen molar-refractivity contribution >= 4 is 29.9 Å². The third kappa shape index (κ3) is 5.32. The van der Waals surface area contributed by atoms with Gasteiger partial charge in [-0.15, -0.1) is 12.4 Å². The Bertz CT molecular complexity index is 682. The van der Waals surface area contributed by atoms with Crippen LogP contribution in [0, 0.1) is 0 Å². The maximum atomic E-state index is 12.0. The van der Waals surface area contributed by atoms with E-state index >= 15 is 0 Å². The molecule has 0 aliphatic carbocycles. The molecule has 1 fully saturated rings. The zero-order chi connectivity index (χ0) is 16.8. The van der Waals surface area contributed by atoms with Gasteiger partial charge in [0.25, 0.3) is 11.8 Å². The van der Waals surface area contributed by atoms with Crippen molar-refractivity contribution in [2.24, 2.45) is 0 Å². The highest BCUT2D eigenvalue weighted by molar-refractivity contribution is 6.02. The van der Waals surface area contributed by atoms with Crippen molar-refractivity contribution in [2.45, 2.75) is 12.6 Å². The number of hydrogen-bond donors (Lipinski definition) is 3. The second-order valence-electron chi connectivity index (χ2n) is 5.41. The molecule has 8 heteroatoms. The largest absolute Gasteiger partial charge is 0.459 e. The summed E-state index contributed by atoms with van der Waals surface area (Å²) in [6.45, 7) is 2.26. The minimum atomic E-state index is -0.439.